The van der Waals surface area contributed by atoms with Gasteiger partial charge in [-0.05, 0) is 58.3 Å². The zero-order chi connectivity index (χ0) is 17.4. The van der Waals surface area contributed by atoms with E-state index >= 15 is 0 Å². The standard InChI is InChI=1S/C19H34N4O/c1-16(2)6-4-7-17(3)14-22-11-9-19(10-12-22)23-15-18(20-21-23)8-5-13-24/h6,15,17,19,24H,4-5,7-14H2,1-3H3. The molecule has 1 unspecified atom stereocenters. The van der Waals surface area contributed by atoms with Gasteiger partial charge in [-0.2, -0.15) is 0 Å². The minimum absolute atomic E-state index is 0.219. The van der Waals surface area contributed by atoms with Gasteiger partial charge in [-0.3, -0.25) is 0 Å². The van der Waals surface area contributed by atoms with E-state index in [4.69, 9.17) is 5.11 Å². The van der Waals surface area contributed by atoms with Crippen molar-refractivity contribution in [1.29, 1.82) is 0 Å². The minimum Gasteiger partial charge on any atom is -0.396 e. The number of aliphatic hydroxyl groups is 1. The summed E-state index contributed by atoms with van der Waals surface area (Å²) in [5.74, 6) is 0.758. The fourth-order valence-electron chi connectivity index (χ4n) is 3.42. The Hall–Kier alpha value is -1.20. The first kappa shape index (κ1) is 19.1. The van der Waals surface area contributed by atoms with Crippen molar-refractivity contribution in [3.05, 3.63) is 23.5 Å². The molecule has 5 nitrogen and oxygen atoms in total. The highest BCUT2D eigenvalue weighted by Crippen LogP contribution is 2.23. The van der Waals surface area contributed by atoms with Gasteiger partial charge < -0.3 is 10.0 Å². The monoisotopic (exact) mass is 334 g/mol. The van der Waals surface area contributed by atoms with Gasteiger partial charge in [0.05, 0.1) is 11.7 Å². The van der Waals surface area contributed by atoms with Crippen LogP contribution in [-0.4, -0.2) is 51.2 Å². The molecular weight excluding hydrogens is 300 g/mol. The smallest absolute Gasteiger partial charge is 0.0828 e. The van der Waals surface area contributed by atoms with Crippen LogP contribution < -0.4 is 0 Å². The number of aromatic nitrogens is 3. The third kappa shape index (κ3) is 6.36. The predicted molar refractivity (Wildman–Crippen MR) is 98.0 cm³/mol. The van der Waals surface area contributed by atoms with Crippen LogP contribution in [0, 0.1) is 5.92 Å². The first-order chi connectivity index (χ1) is 11.6. The topological polar surface area (TPSA) is 54.2 Å². The van der Waals surface area contributed by atoms with Gasteiger partial charge >= 0.3 is 0 Å². The van der Waals surface area contributed by atoms with E-state index in [0.29, 0.717) is 6.04 Å². The van der Waals surface area contributed by atoms with E-state index in [9.17, 15) is 0 Å². The molecule has 5 heteroatoms. The molecule has 1 N–H and O–H groups in total. The van der Waals surface area contributed by atoms with Crippen molar-refractivity contribution >= 4 is 0 Å². The Balaban J connectivity index is 1.71. The van der Waals surface area contributed by atoms with E-state index in [1.54, 1.807) is 0 Å². The van der Waals surface area contributed by atoms with Crippen LogP contribution in [-0.2, 0) is 6.42 Å². The van der Waals surface area contributed by atoms with Crippen molar-refractivity contribution in [3.63, 3.8) is 0 Å². The fraction of sp³-hybridized carbons (Fsp3) is 0.789. The summed E-state index contributed by atoms with van der Waals surface area (Å²) in [6.45, 7) is 10.5. The van der Waals surface area contributed by atoms with Crippen LogP contribution in [0.15, 0.2) is 17.8 Å². The first-order valence-electron chi connectivity index (χ1n) is 9.45. The number of rotatable bonds is 9. The SMILES string of the molecule is CC(C)=CCCC(C)CN1CCC(n2cc(CCCO)nn2)CC1. The summed E-state index contributed by atoms with van der Waals surface area (Å²) in [6.07, 6.45) is 10.8. The zero-order valence-electron chi connectivity index (χ0n) is 15.6. The normalized spacial score (nSPS) is 17.8. The lowest BCUT2D eigenvalue weighted by Crippen LogP contribution is -2.37. The van der Waals surface area contributed by atoms with Crippen molar-refractivity contribution in [3.8, 4) is 0 Å². The third-order valence-electron chi connectivity index (χ3n) is 4.86. The molecule has 1 aliphatic rings. The van der Waals surface area contributed by atoms with E-state index in [2.05, 4.69) is 48.3 Å². The second kappa shape index (κ2) is 9.94. The largest absolute Gasteiger partial charge is 0.396 e. The number of likely N-dealkylation sites (tertiary alicyclic amines) is 1. The van der Waals surface area contributed by atoms with Crippen LogP contribution in [0.4, 0.5) is 0 Å². The van der Waals surface area contributed by atoms with Crippen LogP contribution >= 0.6 is 0 Å². The summed E-state index contributed by atoms with van der Waals surface area (Å²) >= 11 is 0. The quantitative estimate of drug-likeness (QED) is 0.705. The lowest BCUT2D eigenvalue weighted by Gasteiger charge is -2.33. The van der Waals surface area contributed by atoms with Gasteiger partial charge in [0, 0.05) is 32.4 Å². The highest BCUT2D eigenvalue weighted by Gasteiger charge is 2.22. The van der Waals surface area contributed by atoms with Gasteiger partial charge in [0.15, 0.2) is 0 Å². The Labute approximate surface area is 146 Å². The van der Waals surface area contributed by atoms with Crippen LogP contribution in [0.25, 0.3) is 0 Å². The molecule has 0 radical (unpaired) electrons. The van der Waals surface area contributed by atoms with Crippen LogP contribution in [0.1, 0.15) is 64.6 Å². The molecule has 1 aromatic rings. The van der Waals surface area contributed by atoms with Crippen LogP contribution in [0.2, 0.25) is 0 Å². The predicted octanol–water partition coefficient (Wildman–Crippen LogP) is 3.22. The summed E-state index contributed by atoms with van der Waals surface area (Å²) in [5, 5.41) is 17.4. The molecule has 0 amide bonds. The second-order valence-electron chi connectivity index (χ2n) is 7.51. The molecule has 1 fully saturated rings. The molecule has 1 saturated heterocycles. The maximum Gasteiger partial charge on any atom is 0.0828 e. The van der Waals surface area contributed by atoms with E-state index < -0.39 is 0 Å². The summed E-state index contributed by atoms with van der Waals surface area (Å²) in [4.78, 5) is 2.60. The minimum atomic E-state index is 0.219. The molecule has 1 atom stereocenters. The summed E-state index contributed by atoms with van der Waals surface area (Å²) in [7, 11) is 0. The Morgan fingerprint density at radius 3 is 2.79 bits per heavy atom. The van der Waals surface area contributed by atoms with E-state index in [0.717, 1.165) is 50.4 Å². The number of aryl methyl sites for hydroxylation is 1. The van der Waals surface area contributed by atoms with E-state index in [1.165, 1.54) is 25.0 Å². The molecule has 2 heterocycles. The first-order valence-corrected chi connectivity index (χ1v) is 9.45. The molecule has 24 heavy (non-hydrogen) atoms. The number of piperidine rings is 1. The lowest BCUT2D eigenvalue weighted by molar-refractivity contribution is 0.158. The molecule has 1 aliphatic heterocycles. The highest BCUT2D eigenvalue weighted by atomic mass is 16.2. The second-order valence-corrected chi connectivity index (χ2v) is 7.51. The Morgan fingerprint density at radius 1 is 1.38 bits per heavy atom. The summed E-state index contributed by atoms with van der Waals surface area (Å²) < 4.78 is 2.04. The third-order valence-corrected chi connectivity index (χ3v) is 4.86. The molecule has 136 valence electrons. The zero-order valence-corrected chi connectivity index (χ0v) is 15.6. The molecule has 2 rings (SSSR count). The average Bonchev–Trinajstić information content (AvgIpc) is 3.02. The summed E-state index contributed by atoms with van der Waals surface area (Å²) in [5.41, 5.74) is 2.42. The van der Waals surface area contributed by atoms with Crippen molar-refractivity contribution in [1.82, 2.24) is 19.9 Å². The van der Waals surface area contributed by atoms with E-state index in [-0.39, 0.29) is 6.61 Å². The maximum absolute atomic E-state index is 8.90. The van der Waals surface area contributed by atoms with Crippen LogP contribution in [0.3, 0.4) is 0 Å². The number of allylic oxidation sites excluding steroid dienone is 2. The molecule has 0 aliphatic carbocycles. The van der Waals surface area contributed by atoms with Crippen molar-refractivity contribution in [2.24, 2.45) is 5.92 Å². The van der Waals surface area contributed by atoms with Crippen molar-refractivity contribution in [2.75, 3.05) is 26.2 Å². The molecule has 1 aromatic heterocycles. The summed E-state index contributed by atoms with van der Waals surface area (Å²) in [6, 6.07) is 0.484. The van der Waals surface area contributed by atoms with Gasteiger partial charge in [-0.1, -0.05) is 23.8 Å². The van der Waals surface area contributed by atoms with Crippen molar-refractivity contribution in [2.45, 2.75) is 65.3 Å². The fourth-order valence-corrected chi connectivity index (χ4v) is 3.42. The van der Waals surface area contributed by atoms with Crippen LogP contribution in [0.5, 0.6) is 0 Å². The van der Waals surface area contributed by atoms with Gasteiger partial charge in [0.25, 0.3) is 0 Å². The average molecular weight is 335 g/mol. The van der Waals surface area contributed by atoms with Crippen molar-refractivity contribution < 1.29 is 5.11 Å². The molecule has 0 bridgehead atoms. The Kier molecular flexibility index (Phi) is 7.92. The molecule has 0 aromatic carbocycles. The number of hydrogen-bond donors (Lipinski definition) is 1. The Bertz CT molecular complexity index is 499. The molecular formula is C19H34N4O. The number of aliphatic hydroxyl groups excluding tert-OH is 1. The van der Waals surface area contributed by atoms with E-state index in [1.807, 2.05) is 4.68 Å². The lowest BCUT2D eigenvalue weighted by atomic mass is 10.0. The molecule has 0 saturated carbocycles. The van der Waals surface area contributed by atoms with Gasteiger partial charge in [0.1, 0.15) is 0 Å². The van der Waals surface area contributed by atoms with Gasteiger partial charge in [0.2, 0.25) is 0 Å². The highest BCUT2D eigenvalue weighted by molar-refractivity contribution is 4.95. The van der Waals surface area contributed by atoms with Gasteiger partial charge in [-0.15, -0.1) is 5.10 Å². The van der Waals surface area contributed by atoms with Gasteiger partial charge in [-0.25, -0.2) is 4.68 Å². The Morgan fingerprint density at radius 2 is 2.12 bits per heavy atom. The number of hydrogen-bond acceptors (Lipinski definition) is 4. The molecule has 0 spiro atoms. The number of nitrogens with zero attached hydrogens (tertiary/aromatic N) is 4. The maximum atomic E-state index is 8.90.